The fourth-order valence-corrected chi connectivity index (χ4v) is 5.30. The van der Waals surface area contributed by atoms with E-state index in [1.165, 1.54) is 28.6 Å². The maximum Gasteiger partial charge on any atom is 0.449 e. The Morgan fingerprint density at radius 2 is 1.74 bits per heavy atom. The van der Waals surface area contributed by atoms with Crippen LogP contribution in [0, 0.1) is 0 Å². The Morgan fingerprint density at radius 1 is 1.09 bits per heavy atom. The Morgan fingerprint density at radius 3 is 2.38 bits per heavy atom. The highest BCUT2D eigenvalue weighted by molar-refractivity contribution is 7.89. The minimum Gasteiger partial charge on any atom is -0.311 e. The van der Waals surface area contributed by atoms with Crippen molar-refractivity contribution in [1.82, 2.24) is 19.3 Å². The zero-order valence-electron chi connectivity index (χ0n) is 18.2. The number of nitrogens with one attached hydrogen (secondary N) is 1. The van der Waals surface area contributed by atoms with Crippen molar-refractivity contribution in [2.75, 3.05) is 13.1 Å². The molecule has 1 aliphatic heterocycles. The number of amides is 1. The van der Waals surface area contributed by atoms with Crippen LogP contribution in [0.3, 0.4) is 0 Å². The molecule has 0 aliphatic carbocycles. The second-order valence-electron chi connectivity index (χ2n) is 7.88. The van der Waals surface area contributed by atoms with Gasteiger partial charge in [-0.3, -0.25) is 4.79 Å². The molecule has 4 rings (SSSR count). The van der Waals surface area contributed by atoms with Crippen LogP contribution in [0.15, 0.2) is 58.5 Å². The number of rotatable bonds is 6. The van der Waals surface area contributed by atoms with Gasteiger partial charge in [0.25, 0.3) is 5.91 Å². The van der Waals surface area contributed by atoms with Crippen LogP contribution in [0.2, 0.25) is 0 Å². The average Bonchev–Trinajstić information content (AvgIpc) is 3.47. The molecule has 1 saturated heterocycles. The minimum absolute atomic E-state index is 0.131. The summed E-state index contributed by atoms with van der Waals surface area (Å²) >= 11 is 0. The number of imidazole rings is 1. The Kier molecular flexibility index (Phi) is 6.45. The van der Waals surface area contributed by atoms with E-state index in [2.05, 4.69) is 15.5 Å². The van der Waals surface area contributed by atoms with E-state index in [1.54, 1.807) is 31.2 Å². The number of hydrogen-bond donors (Lipinski definition) is 1. The number of para-hydroxylation sites is 2. The minimum atomic E-state index is -4.73. The Bertz CT molecular complexity index is 1340. The molecule has 0 bridgehead atoms. The fourth-order valence-electron chi connectivity index (χ4n) is 3.79. The molecule has 8 nitrogen and oxygen atoms in total. The third-order valence-electron chi connectivity index (χ3n) is 5.53. The number of benzene rings is 2. The smallest absolute Gasteiger partial charge is 0.311 e. The normalized spacial score (nSPS) is 15.7. The van der Waals surface area contributed by atoms with Crippen molar-refractivity contribution in [2.24, 2.45) is 5.10 Å². The first kappa shape index (κ1) is 23.9. The van der Waals surface area contributed by atoms with Crippen LogP contribution in [0.1, 0.15) is 31.2 Å². The van der Waals surface area contributed by atoms with Crippen LogP contribution in [0.25, 0.3) is 11.0 Å². The number of alkyl halides is 3. The third kappa shape index (κ3) is 4.82. The predicted molar refractivity (Wildman–Crippen MR) is 120 cm³/mol. The first-order chi connectivity index (χ1) is 16.1. The van der Waals surface area contributed by atoms with Gasteiger partial charge < -0.3 is 4.57 Å². The molecule has 0 saturated carbocycles. The van der Waals surface area contributed by atoms with Gasteiger partial charge >= 0.3 is 6.18 Å². The second kappa shape index (κ2) is 9.18. The molecule has 0 radical (unpaired) electrons. The van der Waals surface area contributed by atoms with Gasteiger partial charge in [0.1, 0.15) is 6.54 Å². The number of carbonyl (C=O) groups is 1. The van der Waals surface area contributed by atoms with Crippen LogP contribution in [0.5, 0.6) is 0 Å². The lowest BCUT2D eigenvalue weighted by atomic mass is 10.1. The van der Waals surface area contributed by atoms with Crippen LogP contribution in [-0.2, 0) is 27.5 Å². The summed E-state index contributed by atoms with van der Waals surface area (Å²) in [5.41, 5.74) is 3.50. The molecule has 1 aromatic heterocycles. The van der Waals surface area contributed by atoms with Crippen molar-refractivity contribution in [3.8, 4) is 0 Å². The monoisotopic (exact) mass is 493 g/mol. The van der Waals surface area contributed by atoms with E-state index < -0.39 is 34.5 Å². The van der Waals surface area contributed by atoms with Gasteiger partial charge in [0, 0.05) is 13.1 Å². The van der Waals surface area contributed by atoms with Gasteiger partial charge in [0.05, 0.1) is 21.6 Å². The highest BCUT2D eigenvalue weighted by atomic mass is 32.2. The standard InChI is InChI=1S/C22H22F3N5O3S/c1-15(16-8-10-17(11-9-16)34(32,33)29-12-4-5-13-29)27-28-20(31)14-30-19-7-3-2-6-18(19)26-21(30)22(23,24)25/h2-3,6-11H,4-5,12-14H2,1H3,(H,28,31)/b27-15+. The Labute approximate surface area is 194 Å². The Balaban J connectivity index is 1.48. The maximum atomic E-state index is 13.4. The van der Waals surface area contributed by atoms with Crippen molar-refractivity contribution in [3.05, 3.63) is 59.9 Å². The van der Waals surface area contributed by atoms with E-state index in [1.807, 2.05) is 0 Å². The zero-order chi connectivity index (χ0) is 24.5. The van der Waals surface area contributed by atoms with Crippen molar-refractivity contribution in [1.29, 1.82) is 0 Å². The first-order valence-corrected chi connectivity index (χ1v) is 12.0. The summed E-state index contributed by atoms with van der Waals surface area (Å²) in [7, 11) is -3.55. The number of fused-ring (bicyclic) bond motifs is 1. The van der Waals surface area contributed by atoms with Gasteiger partial charge in [0.2, 0.25) is 15.8 Å². The van der Waals surface area contributed by atoms with E-state index >= 15 is 0 Å². The lowest BCUT2D eigenvalue weighted by Gasteiger charge is -2.15. The highest BCUT2D eigenvalue weighted by Gasteiger charge is 2.38. The topological polar surface area (TPSA) is 96.7 Å². The summed E-state index contributed by atoms with van der Waals surface area (Å²) in [6, 6.07) is 12.1. The van der Waals surface area contributed by atoms with E-state index in [4.69, 9.17) is 0 Å². The van der Waals surface area contributed by atoms with Gasteiger partial charge in [-0.2, -0.15) is 22.6 Å². The zero-order valence-corrected chi connectivity index (χ0v) is 19.0. The average molecular weight is 494 g/mol. The number of carbonyl (C=O) groups excluding carboxylic acids is 1. The molecule has 1 fully saturated rings. The van der Waals surface area contributed by atoms with Crippen molar-refractivity contribution >= 4 is 32.7 Å². The summed E-state index contributed by atoms with van der Waals surface area (Å²) in [6.07, 6.45) is -3.06. The molecule has 0 atom stereocenters. The predicted octanol–water partition coefficient (Wildman–Crippen LogP) is 3.38. The molecule has 1 amide bonds. The van der Waals surface area contributed by atoms with Crippen molar-refractivity contribution in [2.45, 2.75) is 37.4 Å². The molecule has 2 heterocycles. The maximum absolute atomic E-state index is 13.4. The molecule has 1 aliphatic rings. The molecule has 3 aromatic rings. The molecule has 12 heteroatoms. The summed E-state index contributed by atoms with van der Waals surface area (Å²) in [4.78, 5) is 16.2. The second-order valence-corrected chi connectivity index (χ2v) is 9.81. The number of halogens is 3. The van der Waals surface area contributed by atoms with E-state index in [0.29, 0.717) is 24.4 Å². The Hall–Kier alpha value is -3.25. The molecule has 2 aromatic carbocycles. The van der Waals surface area contributed by atoms with Crippen LogP contribution < -0.4 is 5.43 Å². The van der Waals surface area contributed by atoms with Gasteiger partial charge in [-0.25, -0.2) is 18.8 Å². The van der Waals surface area contributed by atoms with E-state index in [-0.39, 0.29) is 15.9 Å². The third-order valence-corrected chi connectivity index (χ3v) is 7.45. The molecular weight excluding hydrogens is 471 g/mol. The number of hydrogen-bond acceptors (Lipinski definition) is 5. The number of hydrazone groups is 1. The van der Waals surface area contributed by atoms with E-state index in [9.17, 15) is 26.4 Å². The molecule has 34 heavy (non-hydrogen) atoms. The van der Waals surface area contributed by atoms with Gasteiger partial charge in [-0.15, -0.1) is 0 Å². The van der Waals surface area contributed by atoms with Gasteiger partial charge in [-0.1, -0.05) is 24.3 Å². The van der Waals surface area contributed by atoms with Crippen LogP contribution in [-0.4, -0.2) is 47.0 Å². The summed E-state index contributed by atoms with van der Waals surface area (Å²) < 4.78 is 67.7. The molecular formula is C22H22F3N5O3S. The summed E-state index contributed by atoms with van der Waals surface area (Å²) in [6.45, 7) is 1.97. The molecule has 1 N–H and O–H groups in total. The number of aromatic nitrogens is 2. The highest BCUT2D eigenvalue weighted by Crippen LogP contribution is 2.31. The summed E-state index contributed by atoms with van der Waals surface area (Å²) in [5, 5.41) is 3.96. The number of nitrogens with zero attached hydrogens (tertiary/aromatic N) is 4. The summed E-state index contributed by atoms with van der Waals surface area (Å²) in [5.74, 6) is -1.93. The van der Waals surface area contributed by atoms with Crippen molar-refractivity contribution in [3.63, 3.8) is 0 Å². The quantitative estimate of drug-likeness (QED) is 0.421. The van der Waals surface area contributed by atoms with Crippen molar-refractivity contribution < 1.29 is 26.4 Å². The van der Waals surface area contributed by atoms with Crippen LogP contribution >= 0.6 is 0 Å². The van der Waals surface area contributed by atoms with Gasteiger partial charge in [0.15, 0.2) is 0 Å². The van der Waals surface area contributed by atoms with E-state index in [0.717, 1.165) is 17.4 Å². The SMILES string of the molecule is C/C(=N\NC(=O)Cn1c(C(F)(F)F)nc2ccccc21)c1ccc(S(=O)(=O)N2CCCC2)cc1. The lowest BCUT2D eigenvalue weighted by Crippen LogP contribution is -2.28. The van der Waals surface area contributed by atoms with Crippen LogP contribution in [0.4, 0.5) is 13.2 Å². The fraction of sp³-hybridized carbons (Fsp3) is 0.318. The molecule has 0 unspecified atom stereocenters. The molecule has 0 spiro atoms. The number of sulfonamides is 1. The molecule has 180 valence electrons. The first-order valence-electron chi connectivity index (χ1n) is 10.5. The lowest BCUT2D eigenvalue weighted by molar-refractivity contribution is -0.147. The van der Waals surface area contributed by atoms with Gasteiger partial charge in [-0.05, 0) is 49.6 Å². The largest absolute Gasteiger partial charge is 0.449 e.